The molecule has 2 unspecified atom stereocenters. The van der Waals surface area contributed by atoms with E-state index in [1.165, 1.54) is 15.6 Å². The molecule has 0 fully saturated rings. The van der Waals surface area contributed by atoms with Gasteiger partial charge in [-0.25, -0.2) is 0 Å². The van der Waals surface area contributed by atoms with E-state index in [1.54, 1.807) is 7.11 Å². The third-order valence-corrected chi connectivity index (χ3v) is 4.58. The molecule has 2 nitrogen and oxygen atoms in total. The molecule has 0 aliphatic heterocycles. The highest BCUT2D eigenvalue weighted by molar-refractivity contribution is 7.17. The maximum Gasteiger partial charge on any atom is 0.0543 e. The van der Waals surface area contributed by atoms with Crippen molar-refractivity contribution in [2.45, 2.75) is 38.8 Å². The maximum absolute atomic E-state index is 5.36. The van der Waals surface area contributed by atoms with E-state index >= 15 is 0 Å². The van der Waals surface area contributed by atoms with E-state index in [4.69, 9.17) is 4.74 Å². The normalized spacial score (nSPS) is 14.7. The summed E-state index contributed by atoms with van der Waals surface area (Å²) < 4.78 is 6.78. The van der Waals surface area contributed by atoms with E-state index in [0.717, 1.165) is 19.4 Å². The van der Waals surface area contributed by atoms with Gasteiger partial charge in [0.1, 0.15) is 0 Å². The van der Waals surface area contributed by atoms with E-state index < -0.39 is 0 Å². The van der Waals surface area contributed by atoms with E-state index in [1.807, 2.05) is 11.3 Å². The second-order valence-corrected chi connectivity index (χ2v) is 5.84. The Labute approximate surface area is 119 Å². The van der Waals surface area contributed by atoms with Crippen molar-refractivity contribution in [2.75, 3.05) is 13.7 Å². The zero-order chi connectivity index (χ0) is 13.7. The lowest BCUT2D eigenvalue weighted by Crippen LogP contribution is -2.22. The smallest absolute Gasteiger partial charge is 0.0543 e. The number of methoxy groups -OCH3 is 1. The summed E-state index contributed by atoms with van der Waals surface area (Å²) in [6.07, 6.45) is 2.51. The molecule has 19 heavy (non-hydrogen) atoms. The maximum atomic E-state index is 5.36. The molecular weight excluding hydrogens is 254 g/mol. The summed E-state index contributed by atoms with van der Waals surface area (Å²) in [4.78, 5) is 0. The standard InChI is InChI=1S/C16H23NOS/c1-4-17-15(9-8-12(2)18-3)14-7-5-6-13-10-11-19-16(13)14/h5-7,10-12,15,17H,4,8-9H2,1-3H3. The van der Waals surface area contributed by atoms with E-state index in [0.29, 0.717) is 12.1 Å². The van der Waals surface area contributed by atoms with Crippen molar-refractivity contribution < 1.29 is 4.74 Å². The summed E-state index contributed by atoms with van der Waals surface area (Å²) in [5, 5.41) is 7.14. The van der Waals surface area contributed by atoms with Gasteiger partial charge in [-0.1, -0.05) is 25.1 Å². The molecule has 1 heterocycles. The number of nitrogens with one attached hydrogen (secondary N) is 1. The Balaban J connectivity index is 2.20. The van der Waals surface area contributed by atoms with Crippen molar-refractivity contribution in [1.82, 2.24) is 5.32 Å². The fourth-order valence-electron chi connectivity index (χ4n) is 2.42. The molecule has 0 saturated heterocycles. The number of hydrogen-bond acceptors (Lipinski definition) is 3. The van der Waals surface area contributed by atoms with Crippen LogP contribution in [-0.4, -0.2) is 19.8 Å². The molecule has 0 aliphatic carbocycles. The largest absolute Gasteiger partial charge is 0.382 e. The highest BCUT2D eigenvalue weighted by Crippen LogP contribution is 2.31. The number of thiophene rings is 1. The van der Waals surface area contributed by atoms with Crippen molar-refractivity contribution in [3.63, 3.8) is 0 Å². The van der Waals surface area contributed by atoms with Crippen molar-refractivity contribution in [1.29, 1.82) is 0 Å². The Kier molecular flexibility index (Phi) is 5.37. The zero-order valence-electron chi connectivity index (χ0n) is 12.0. The first-order chi connectivity index (χ1) is 9.26. The fourth-order valence-corrected chi connectivity index (χ4v) is 3.39. The summed E-state index contributed by atoms with van der Waals surface area (Å²) >= 11 is 1.84. The number of ether oxygens (including phenoxy) is 1. The molecule has 0 radical (unpaired) electrons. The number of benzene rings is 1. The van der Waals surface area contributed by atoms with E-state index in [2.05, 4.69) is 48.8 Å². The lowest BCUT2D eigenvalue weighted by Gasteiger charge is -2.20. The number of fused-ring (bicyclic) bond motifs is 1. The second kappa shape index (κ2) is 7.04. The first-order valence-electron chi connectivity index (χ1n) is 6.98. The highest BCUT2D eigenvalue weighted by Gasteiger charge is 2.15. The van der Waals surface area contributed by atoms with Gasteiger partial charge in [-0.2, -0.15) is 0 Å². The third kappa shape index (κ3) is 3.56. The van der Waals surface area contributed by atoms with Crippen LogP contribution in [0.2, 0.25) is 0 Å². The Morgan fingerprint density at radius 3 is 2.84 bits per heavy atom. The Morgan fingerprint density at radius 2 is 2.11 bits per heavy atom. The zero-order valence-corrected chi connectivity index (χ0v) is 12.8. The number of rotatable bonds is 7. The molecule has 2 atom stereocenters. The Morgan fingerprint density at radius 1 is 1.26 bits per heavy atom. The molecule has 0 aliphatic rings. The van der Waals surface area contributed by atoms with Gasteiger partial charge in [0.25, 0.3) is 0 Å². The molecule has 0 spiro atoms. The van der Waals surface area contributed by atoms with Crippen LogP contribution in [-0.2, 0) is 4.74 Å². The molecular formula is C16H23NOS. The van der Waals surface area contributed by atoms with Crippen molar-refractivity contribution in [3.05, 3.63) is 35.2 Å². The third-order valence-electron chi connectivity index (χ3n) is 3.60. The quantitative estimate of drug-likeness (QED) is 0.811. The van der Waals surface area contributed by atoms with Crippen molar-refractivity contribution in [2.24, 2.45) is 0 Å². The van der Waals surface area contributed by atoms with Crippen LogP contribution in [0, 0.1) is 0 Å². The predicted molar refractivity (Wildman–Crippen MR) is 83.9 cm³/mol. The van der Waals surface area contributed by atoms with Gasteiger partial charge in [-0.05, 0) is 48.7 Å². The average Bonchev–Trinajstić information content (AvgIpc) is 2.91. The summed E-state index contributed by atoms with van der Waals surface area (Å²) in [5.41, 5.74) is 1.43. The summed E-state index contributed by atoms with van der Waals surface area (Å²) in [6.45, 7) is 5.30. The van der Waals surface area contributed by atoms with Gasteiger partial charge < -0.3 is 10.1 Å². The minimum absolute atomic E-state index is 0.323. The summed E-state index contributed by atoms with van der Waals surface area (Å²) in [7, 11) is 1.78. The molecule has 1 aromatic heterocycles. The topological polar surface area (TPSA) is 21.3 Å². The minimum Gasteiger partial charge on any atom is -0.382 e. The molecule has 3 heteroatoms. The summed E-state index contributed by atoms with van der Waals surface area (Å²) in [6, 6.07) is 9.23. The average molecular weight is 277 g/mol. The lowest BCUT2D eigenvalue weighted by atomic mass is 9.99. The van der Waals surface area contributed by atoms with Crippen LogP contribution in [0.4, 0.5) is 0 Å². The van der Waals surface area contributed by atoms with Crippen LogP contribution in [0.5, 0.6) is 0 Å². The van der Waals surface area contributed by atoms with Crippen molar-refractivity contribution >= 4 is 21.4 Å². The van der Waals surface area contributed by atoms with Crippen LogP contribution < -0.4 is 5.32 Å². The van der Waals surface area contributed by atoms with Crippen LogP contribution >= 0.6 is 11.3 Å². The molecule has 1 aromatic carbocycles. The van der Waals surface area contributed by atoms with Gasteiger partial charge in [0.15, 0.2) is 0 Å². The van der Waals surface area contributed by atoms with Gasteiger partial charge in [0.05, 0.1) is 6.10 Å². The molecule has 104 valence electrons. The molecule has 0 saturated carbocycles. The second-order valence-electron chi connectivity index (χ2n) is 4.92. The first kappa shape index (κ1) is 14.5. The molecule has 0 bridgehead atoms. The summed E-state index contributed by atoms with van der Waals surface area (Å²) in [5.74, 6) is 0. The van der Waals surface area contributed by atoms with Crippen LogP contribution in [0.25, 0.3) is 10.1 Å². The van der Waals surface area contributed by atoms with Crippen LogP contribution in [0.15, 0.2) is 29.6 Å². The van der Waals surface area contributed by atoms with Gasteiger partial charge in [-0.3, -0.25) is 0 Å². The van der Waals surface area contributed by atoms with Gasteiger partial charge in [0.2, 0.25) is 0 Å². The van der Waals surface area contributed by atoms with Gasteiger partial charge in [0, 0.05) is 17.9 Å². The van der Waals surface area contributed by atoms with E-state index in [9.17, 15) is 0 Å². The Hall–Kier alpha value is -0.900. The molecule has 2 rings (SSSR count). The van der Waals surface area contributed by atoms with Crippen LogP contribution in [0.3, 0.4) is 0 Å². The van der Waals surface area contributed by atoms with Gasteiger partial charge in [-0.15, -0.1) is 11.3 Å². The fraction of sp³-hybridized carbons (Fsp3) is 0.500. The monoisotopic (exact) mass is 277 g/mol. The predicted octanol–water partition coefficient (Wildman–Crippen LogP) is 4.37. The SMILES string of the molecule is CCNC(CCC(C)OC)c1cccc2ccsc12. The molecule has 2 aromatic rings. The van der Waals surface area contributed by atoms with Gasteiger partial charge >= 0.3 is 0 Å². The number of hydrogen-bond donors (Lipinski definition) is 1. The minimum atomic E-state index is 0.323. The lowest BCUT2D eigenvalue weighted by molar-refractivity contribution is 0.106. The molecule has 0 amide bonds. The van der Waals surface area contributed by atoms with E-state index in [-0.39, 0.29) is 0 Å². The molecule has 1 N–H and O–H groups in total. The Bertz CT molecular complexity index is 508. The first-order valence-corrected chi connectivity index (χ1v) is 7.86. The van der Waals surface area contributed by atoms with Crippen molar-refractivity contribution in [3.8, 4) is 0 Å². The highest BCUT2D eigenvalue weighted by atomic mass is 32.1. The van der Waals surface area contributed by atoms with Crippen LogP contribution in [0.1, 0.15) is 38.3 Å².